The quantitative estimate of drug-likeness (QED) is 0.374. The van der Waals surface area contributed by atoms with Crippen LogP contribution >= 0.6 is 11.8 Å². The topological polar surface area (TPSA) is 86.3 Å². The number of benzene rings is 2. The molecule has 7 nitrogen and oxygen atoms in total. The van der Waals surface area contributed by atoms with Gasteiger partial charge in [-0.3, -0.25) is 4.79 Å². The number of hydrogen-bond donors (Lipinski definition) is 1. The third-order valence-corrected chi connectivity index (χ3v) is 7.33. The second-order valence-corrected chi connectivity index (χ2v) is 10.1. The van der Waals surface area contributed by atoms with E-state index < -0.39 is 0 Å². The third-order valence-electron chi connectivity index (χ3n) is 6.41. The minimum Gasteiger partial charge on any atom is -0.485 e. The van der Waals surface area contributed by atoms with E-state index in [1.807, 2.05) is 31.0 Å². The Balaban J connectivity index is 1.37. The fourth-order valence-corrected chi connectivity index (χ4v) is 5.22. The molecule has 4 rings (SSSR count). The van der Waals surface area contributed by atoms with Gasteiger partial charge in [0.25, 0.3) is 0 Å². The SMILES string of the molecule is Cc1ccc(C(C)C)c(OCc2nnc(SCC(=O)N(C)C3CCCc4ccccc43)n2N)c1. The molecule has 1 aliphatic carbocycles. The Morgan fingerprint density at radius 1 is 1.26 bits per heavy atom. The molecule has 0 saturated heterocycles. The van der Waals surface area contributed by atoms with Crippen LogP contribution in [0.1, 0.15) is 66.7 Å². The van der Waals surface area contributed by atoms with E-state index in [4.69, 9.17) is 10.6 Å². The highest BCUT2D eigenvalue weighted by Crippen LogP contribution is 2.34. The number of hydrogen-bond acceptors (Lipinski definition) is 6. The van der Waals surface area contributed by atoms with Gasteiger partial charge >= 0.3 is 0 Å². The van der Waals surface area contributed by atoms with E-state index in [1.165, 1.54) is 27.6 Å². The summed E-state index contributed by atoms with van der Waals surface area (Å²) in [6.07, 6.45) is 3.15. The summed E-state index contributed by atoms with van der Waals surface area (Å²) in [6, 6.07) is 14.7. The molecule has 2 aromatic carbocycles. The summed E-state index contributed by atoms with van der Waals surface area (Å²) in [5.41, 5.74) is 4.87. The minimum atomic E-state index is 0.0499. The number of nitrogens with zero attached hydrogens (tertiary/aromatic N) is 4. The molecule has 1 aliphatic rings. The number of amides is 1. The zero-order valence-electron chi connectivity index (χ0n) is 20.3. The summed E-state index contributed by atoms with van der Waals surface area (Å²) in [7, 11) is 1.89. The Morgan fingerprint density at radius 3 is 2.85 bits per heavy atom. The number of fused-ring (bicyclic) bond motifs is 1. The largest absolute Gasteiger partial charge is 0.485 e. The predicted molar refractivity (Wildman–Crippen MR) is 135 cm³/mol. The van der Waals surface area contributed by atoms with Gasteiger partial charge in [-0.25, -0.2) is 4.68 Å². The first-order valence-corrected chi connectivity index (χ1v) is 12.7. The normalized spacial score (nSPS) is 15.3. The van der Waals surface area contributed by atoms with Crippen molar-refractivity contribution in [1.29, 1.82) is 0 Å². The Morgan fingerprint density at radius 2 is 2.06 bits per heavy atom. The molecule has 0 radical (unpaired) electrons. The number of nitrogens with two attached hydrogens (primary N) is 1. The summed E-state index contributed by atoms with van der Waals surface area (Å²) >= 11 is 1.30. The summed E-state index contributed by atoms with van der Waals surface area (Å²) in [5, 5.41) is 8.87. The van der Waals surface area contributed by atoms with Crippen molar-refractivity contribution >= 4 is 17.7 Å². The van der Waals surface area contributed by atoms with E-state index >= 15 is 0 Å². The number of aryl methyl sites for hydroxylation is 2. The van der Waals surface area contributed by atoms with Crippen molar-refractivity contribution in [3.8, 4) is 5.75 Å². The molecule has 1 heterocycles. The maximum atomic E-state index is 13.0. The summed E-state index contributed by atoms with van der Waals surface area (Å²) in [5.74, 6) is 8.22. The number of rotatable bonds is 8. The Kier molecular flexibility index (Phi) is 7.46. The molecular formula is C26H33N5O2S. The maximum absolute atomic E-state index is 13.0. The van der Waals surface area contributed by atoms with Gasteiger partial charge in [0, 0.05) is 7.05 Å². The Labute approximate surface area is 205 Å². The molecule has 0 saturated carbocycles. The Hall–Kier alpha value is -3.00. The highest BCUT2D eigenvalue weighted by molar-refractivity contribution is 7.99. The van der Waals surface area contributed by atoms with Crippen molar-refractivity contribution in [3.05, 3.63) is 70.5 Å². The third kappa shape index (κ3) is 5.22. The molecule has 3 aromatic rings. The van der Waals surface area contributed by atoms with Crippen LogP contribution in [0.15, 0.2) is 47.6 Å². The molecule has 1 aromatic heterocycles. The summed E-state index contributed by atoms with van der Waals surface area (Å²) < 4.78 is 7.46. The smallest absolute Gasteiger partial charge is 0.233 e. The molecule has 1 amide bonds. The molecule has 180 valence electrons. The first-order chi connectivity index (χ1) is 16.3. The van der Waals surface area contributed by atoms with Gasteiger partial charge in [0.1, 0.15) is 12.4 Å². The van der Waals surface area contributed by atoms with Crippen LogP contribution in [0.5, 0.6) is 5.75 Å². The first kappa shape index (κ1) is 24.1. The van der Waals surface area contributed by atoms with Crippen molar-refractivity contribution in [2.75, 3.05) is 18.6 Å². The lowest BCUT2D eigenvalue weighted by molar-refractivity contribution is -0.129. The monoisotopic (exact) mass is 479 g/mol. The number of ether oxygens (including phenoxy) is 1. The molecule has 0 aliphatic heterocycles. The maximum Gasteiger partial charge on any atom is 0.233 e. The van der Waals surface area contributed by atoms with Crippen molar-refractivity contribution < 1.29 is 9.53 Å². The summed E-state index contributed by atoms with van der Waals surface area (Å²) in [4.78, 5) is 14.8. The van der Waals surface area contributed by atoms with Crippen molar-refractivity contribution in [3.63, 3.8) is 0 Å². The number of nitrogen functional groups attached to an aromatic ring is 1. The highest BCUT2D eigenvalue weighted by atomic mass is 32.2. The molecule has 0 fully saturated rings. The second-order valence-electron chi connectivity index (χ2n) is 9.15. The lowest BCUT2D eigenvalue weighted by Crippen LogP contribution is -2.34. The van der Waals surface area contributed by atoms with E-state index in [0.717, 1.165) is 36.1 Å². The van der Waals surface area contributed by atoms with Crippen LogP contribution in [0.3, 0.4) is 0 Å². The van der Waals surface area contributed by atoms with Crippen LogP contribution in [-0.4, -0.2) is 38.5 Å². The van der Waals surface area contributed by atoms with Gasteiger partial charge in [0.2, 0.25) is 11.1 Å². The number of carbonyl (C=O) groups excluding carboxylic acids is 1. The van der Waals surface area contributed by atoms with Gasteiger partial charge in [-0.15, -0.1) is 10.2 Å². The van der Waals surface area contributed by atoms with Gasteiger partial charge in [-0.2, -0.15) is 0 Å². The molecule has 34 heavy (non-hydrogen) atoms. The number of thioether (sulfide) groups is 1. The van der Waals surface area contributed by atoms with E-state index in [9.17, 15) is 4.79 Å². The van der Waals surface area contributed by atoms with Gasteiger partial charge in [-0.1, -0.05) is 62.0 Å². The number of aromatic nitrogens is 3. The van der Waals surface area contributed by atoms with Crippen LogP contribution in [0, 0.1) is 6.92 Å². The molecule has 1 atom stereocenters. The molecule has 2 N–H and O–H groups in total. The zero-order valence-corrected chi connectivity index (χ0v) is 21.1. The van der Waals surface area contributed by atoms with Gasteiger partial charge in [0.15, 0.2) is 5.82 Å². The van der Waals surface area contributed by atoms with Crippen molar-refractivity contribution in [1.82, 2.24) is 19.8 Å². The second kappa shape index (κ2) is 10.5. The fraction of sp³-hybridized carbons (Fsp3) is 0.423. The van der Waals surface area contributed by atoms with Crippen LogP contribution in [0.2, 0.25) is 0 Å². The molecule has 0 spiro atoms. The summed E-state index contributed by atoms with van der Waals surface area (Å²) in [6.45, 7) is 6.52. The van der Waals surface area contributed by atoms with Crippen LogP contribution < -0.4 is 10.6 Å². The average Bonchev–Trinajstić information content (AvgIpc) is 3.19. The van der Waals surface area contributed by atoms with Crippen molar-refractivity contribution in [2.24, 2.45) is 0 Å². The van der Waals surface area contributed by atoms with Crippen LogP contribution in [0.4, 0.5) is 0 Å². The van der Waals surface area contributed by atoms with Gasteiger partial charge < -0.3 is 15.5 Å². The molecular weight excluding hydrogens is 446 g/mol. The van der Waals surface area contributed by atoms with E-state index in [-0.39, 0.29) is 24.3 Å². The van der Waals surface area contributed by atoms with E-state index in [2.05, 4.69) is 54.4 Å². The van der Waals surface area contributed by atoms with Crippen molar-refractivity contribution in [2.45, 2.75) is 63.8 Å². The van der Waals surface area contributed by atoms with Gasteiger partial charge in [0.05, 0.1) is 11.8 Å². The average molecular weight is 480 g/mol. The van der Waals surface area contributed by atoms with E-state index in [1.54, 1.807) is 0 Å². The predicted octanol–water partition coefficient (Wildman–Crippen LogP) is 4.63. The Bertz CT molecular complexity index is 1160. The molecule has 8 heteroatoms. The van der Waals surface area contributed by atoms with Crippen LogP contribution in [-0.2, 0) is 17.8 Å². The number of carbonyl (C=O) groups is 1. The van der Waals surface area contributed by atoms with Gasteiger partial charge in [-0.05, 0) is 60.4 Å². The van der Waals surface area contributed by atoms with Crippen LogP contribution in [0.25, 0.3) is 0 Å². The molecule has 1 unspecified atom stereocenters. The zero-order chi connectivity index (χ0) is 24.2. The lowest BCUT2D eigenvalue weighted by Gasteiger charge is -2.33. The molecule has 0 bridgehead atoms. The highest BCUT2D eigenvalue weighted by Gasteiger charge is 2.27. The lowest BCUT2D eigenvalue weighted by atomic mass is 9.87. The first-order valence-electron chi connectivity index (χ1n) is 11.7. The fourth-order valence-electron chi connectivity index (χ4n) is 4.42. The minimum absolute atomic E-state index is 0.0499. The standard InChI is InChI=1S/C26H33N5O2S/c1-17(2)20-13-12-18(3)14-23(20)33-15-24-28-29-26(31(24)27)34-16-25(32)30(4)22-11-7-9-19-8-5-6-10-21(19)22/h5-6,8,10,12-14,17,22H,7,9,11,15-16,27H2,1-4H3. The van der Waals surface area contributed by atoms with E-state index in [0.29, 0.717) is 16.9 Å².